The van der Waals surface area contributed by atoms with E-state index in [0.717, 1.165) is 18.2 Å². The predicted molar refractivity (Wildman–Crippen MR) is 72.3 cm³/mol. The summed E-state index contributed by atoms with van der Waals surface area (Å²) in [7, 11) is 0. The molecule has 0 amide bonds. The molecule has 0 heterocycles. The van der Waals surface area contributed by atoms with E-state index >= 15 is 0 Å². The van der Waals surface area contributed by atoms with E-state index in [1.165, 1.54) is 12.1 Å². The molecule has 0 N–H and O–H groups in total. The highest BCUT2D eigenvalue weighted by atomic mass is 19.2. The molecule has 0 unspecified atom stereocenters. The Balaban J connectivity index is 1.89. The molecule has 0 radical (unpaired) electrons. The van der Waals surface area contributed by atoms with Crippen LogP contribution in [0.1, 0.15) is 36.0 Å². The molecule has 2 rings (SSSR count). The number of carbonyl (C=O) groups excluding carboxylic acids is 1. The van der Waals surface area contributed by atoms with Crippen LogP contribution in [-0.4, -0.2) is 12.1 Å². The first-order valence-corrected chi connectivity index (χ1v) is 6.93. The van der Waals surface area contributed by atoms with Crippen molar-refractivity contribution in [2.45, 2.75) is 31.8 Å². The van der Waals surface area contributed by atoms with Crippen LogP contribution in [0.3, 0.4) is 0 Å². The number of hydrogen-bond acceptors (Lipinski definition) is 3. The summed E-state index contributed by atoms with van der Waals surface area (Å²) in [5, 5.41) is 8.38. The van der Waals surface area contributed by atoms with Gasteiger partial charge < -0.3 is 4.74 Å². The average molecular weight is 309 g/mol. The van der Waals surface area contributed by atoms with Gasteiger partial charge in [-0.2, -0.15) is 9.65 Å². The van der Waals surface area contributed by atoms with Gasteiger partial charge in [-0.15, -0.1) is 0 Å². The van der Waals surface area contributed by atoms with Crippen LogP contribution in [0.25, 0.3) is 0 Å². The lowest BCUT2D eigenvalue weighted by Gasteiger charge is -2.26. The lowest BCUT2D eigenvalue weighted by atomic mass is 9.87. The smallest absolute Gasteiger partial charge is 0.338 e. The zero-order valence-corrected chi connectivity index (χ0v) is 11.7. The Morgan fingerprint density at radius 2 is 1.91 bits per heavy atom. The molecule has 1 fully saturated rings. The van der Waals surface area contributed by atoms with E-state index in [2.05, 4.69) is 0 Å². The third kappa shape index (κ3) is 4.10. The first-order valence-electron chi connectivity index (χ1n) is 6.93. The fourth-order valence-electron chi connectivity index (χ4n) is 2.46. The summed E-state index contributed by atoms with van der Waals surface area (Å²) in [4.78, 5) is 11.9. The highest BCUT2D eigenvalue weighted by Gasteiger charge is 2.24. The van der Waals surface area contributed by atoms with E-state index in [-0.39, 0.29) is 17.6 Å². The van der Waals surface area contributed by atoms with E-state index in [1.807, 2.05) is 0 Å². The third-order valence-electron chi connectivity index (χ3n) is 3.64. The van der Waals surface area contributed by atoms with Crippen LogP contribution in [-0.2, 0) is 4.74 Å². The molecule has 1 saturated carbocycles. The van der Waals surface area contributed by atoms with E-state index in [1.54, 1.807) is 0 Å². The molecular formula is C16H14F3NO2. The summed E-state index contributed by atoms with van der Waals surface area (Å²) in [6, 6.07) is 4.27. The summed E-state index contributed by atoms with van der Waals surface area (Å²) in [5.74, 6) is -3.68. The Kier molecular flexibility index (Phi) is 5.21. The summed E-state index contributed by atoms with van der Waals surface area (Å²) in [5.41, 5.74) is -0.0450. The van der Waals surface area contributed by atoms with Gasteiger partial charge in [0.1, 0.15) is 12.2 Å². The molecule has 0 bridgehead atoms. The average Bonchev–Trinajstić information content (AvgIpc) is 2.51. The Labute approximate surface area is 126 Å². The van der Waals surface area contributed by atoms with Crippen molar-refractivity contribution in [3.63, 3.8) is 0 Å². The lowest BCUT2D eigenvalue weighted by molar-refractivity contribution is 0.0183. The number of halogens is 3. The minimum absolute atomic E-state index is 0.0436. The van der Waals surface area contributed by atoms with Crippen molar-refractivity contribution >= 4 is 5.97 Å². The molecular weight excluding hydrogens is 295 g/mol. The molecule has 3 nitrogen and oxygen atoms in total. The molecule has 1 aliphatic carbocycles. The van der Waals surface area contributed by atoms with Crippen molar-refractivity contribution < 1.29 is 22.7 Å². The first-order chi connectivity index (χ1) is 10.5. The van der Waals surface area contributed by atoms with Gasteiger partial charge in [-0.05, 0) is 55.9 Å². The maximum Gasteiger partial charge on any atom is 0.338 e. The number of esters is 1. The van der Waals surface area contributed by atoms with Crippen molar-refractivity contribution in [1.82, 2.24) is 0 Å². The van der Waals surface area contributed by atoms with E-state index < -0.39 is 23.4 Å². The van der Waals surface area contributed by atoms with Crippen LogP contribution >= 0.6 is 0 Å². The van der Waals surface area contributed by atoms with Gasteiger partial charge in [0.15, 0.2) is 17.5 Å². The molecule has 0 atom stereocenters. The monoisotopic (exact) mass is 309 g/mol. The SMILES string of the molecule is N#C/C(F)=C\C1CCC(OC(=O)c2ccc(F)c(F)c2)CC1. The molecule has 1 aromatic rings. The standard InChI is InChI=1S/C16H14F3NO2/c17-12(9-20)7-10-1-4-13(5-2-10)22-16(21)11-3-6-14(18)15(19)8-11/h3,6-8,10,13H,1-2,4-5H2/b12-7+. The van der Waals surface area contributed by atoms with Gasteiger partial charge in [0.25, 0.3) is 0 Å². The summed E-state index contributed by atoms with van der Waals surface area (Å²) in [6.07, 6.45) is 3.23. The molecule has 1 aliphatic rings. The van der Waals surface area contributed by atoms with Crippen molar-refractivity contribution in [1.29, 1.82) is 5.26 Å². The maximum atomic E-state index is 13.1. The largest absolute Gasteiger partial charge is 0.459 e. The fraction of sp³-hybridized carbons (Fsp3) is 0.375. The van der Waals surface area contributed by atoms with E-state index in [9.17, 15) is 18.0 Å². The third-order valence-corrected chi connectivity index (χ3v) is 3.64. The van der Waals surface area contributed by atoms with Crippen LogP contribution in [0.2, 0.25) is 0 Å². The van der Waals surface area contributed by atoms with E-state index in [0.29, 0.717) is 25.7 Å². The molecule has 0 spiro atoms. The van der Waals surface area contributed by atoms with Gasteiger partial charge in [0.05, 0.1) is 5.56 Å². The quantitative estimate of drug-likeness (QED) is 0.625. The number of nitriles is 1. The predicted octanol–water partition coefficient (Wildman–Crippen LogP) is 4.06. The molecule has 116 valence electrons. The Morgan fingerprint density at radius 1 is 1.23 bits per heavy atom. The molecule has 0 aromatic heterocycles. The molecule has 22 heavy (non-hydrogen) atoms. The van der Waals surface area contributed by atoms with Crippen molar-refractivity contribution in [3.05, 3.63) is 47.3 Å². The van der Waals surface area contributed by atoms with Crippen LogP contribution in [0.4, 0.5) is 13.2 Å². The number of ether oxygens (including phenoxy) is 1. The minimum Gasteiger partial charge on any atom is -0.459 e. The molecule has 0 saturated heterocycles. The summed E-state index contributed by atoms with van der Waals surface area (Å²) < 4.78 is 44.0. The number of benzene rings is 1. The van der Waals surface area contributed by atoms with Gasteiger partial charge >= 0.3 is 5.97 Å². The summed E-state index contributed by atoms with van der Waals surface area (Å²) in [6.45, 7) is 0. The van der Waals surface area contributed by atoms with Gasteiger partial charge in [-0.1, -0.05) is 0 Å². The van der Waals surface area contributed by atoms with Crippen molar-refractivity contribution in [2.75, 3.05) is 0 Å². The zero-order valence-electron chi connectivity index (χ0n) is 11.7. The number of allylic oxidation sites excluding steroid dienone is 2. The van der Waals surface area contributed by atoms with Gasteiger partial charge in [0.2, 0.25) is 0 Å². The second-order valence-electron chi connectivity index (χ2n) is 5.20. The molecule has 6 heteroatoms. The minimum atomic E-state index is -1.10. The molecule has 0 aliphatic heterocycles. The van der Waals surface area contributed by atoms with Crippen molar-refractivity contribution in [2.24, 2.45) is 5.92 Å². The fourth-order valence-corrected chi connectivity index (χ4v) is 2.46. The second kappa shape index (κ2) is 7.12. The number of rotatable bonds is 3. The second-order valence-corrected chi connectivity index (χ2v) is 5.20. The van der Waals surface area contributed by atoms with Crippen LogP contribution in [0, 0.1) is 28.9 Å². The van der Waals surface area contributed by atoms with Crippen molar-refractivity contribution in [3.8, 4) is 6.07 Å². The first kappa shape index (κ1) is 16.1. The lowest BCUT2D eigenvalue weighted by Crippen LogP contribution is -2.24. The number of hydrogen-bond donors (Lipinski definition) is 0. The molecule has 1 aromatic carbocycles. The van der Waals surface area contributed by atoms with Gasteiger partial charge in [-0.25, -0.2) is 13.6 Å². The Bertz CT molecular complexity index is 629. The topological polar surface area (TPSA) is 50.1 Å². The summed E-state index contributed by atoms with van der Waals surface area (Å²) >= 11 is 0. The number of nitrogens with zero attached hydrogens (tertiary/aromatic N) is 1. The maximum absolute atomic E-state index is 13.1. The van der Waals surface area contributed by atoms with Crippen LogP contribution in [0.15, 0.2) is 30.1 Å². The number of carbonyl (C=O) groups is 1. The highest BCUT2D eigenvalue weighted by Crippen LogP contribution is 2.28. The van der Waals surface area contributed by atoms with E-state index in [4.69, 9.17) is 10.00 Å². The van der Waals surface area contributed by atoms with Crippen LogP contribution < -0.4 is 0 Å². The van der Waals surface area contributed by atoms with Crippen LogP contribution in [0.5, 0.6) is 0 Å². The normalized spacial score (nSPS) is 22.0. The Morgan fingerprint density at radius 3 is 2.50 bits per heavy atom. The zero-order chi connectivity index (χ0) is 16.1. The van der Waals surface area contributed by atoms with Gasteiger partial charge in [0, 0.05) is 0 Å². The van der Waals surface area contributed by atoms with Gasteiger partial charge in [-0.3, -0.25) is 0 Å². The highest BCUT2D eigenvalue weighted by molar-refractivity contribution is 5.89. The Hall–Kier alpha value is -2.29.